The van der Waals surface area contributed by atoms with Gasteiger partial charge in [0.25, 0.3) is 0 Å². The molecule has 3 aromatic carbocycles. The largest absolute Gasteiger partial charge is 0.423 e. The van der Waals surface area contributed by atoms with E-state index in [4.69, 9.17) is 61.3 Å². The number of nitrogens with one attached hydrogen (secondary N) is 3. The number of benzene rings is 3. The third-order valence-corrected chi connectivity index (χ3v) is 21.1. The van der Waals surface area contributed by atoms with Gasteiger partial charge in [0.1, 0.15) is 52.2 Å². The molecular weight excluding hydrogens is 1220 g/mol. The quantitative estimate of drug-likeness (QED) is 0.0664. The summed E-state index contributed by atoms with van der Waals surface area (Å²) >= 11 is 0. The third kappa shape index (κ3) is 10.8. The van der Waals surface area contributed by atoms with Crippen molar-refractivity contribution in [2.75, 3.05) is 84.5 Å². The Morgan fingerprint density at radius 1 is 0.479 bits per heavy atom. The Labute approximate surface area is 553 Å². The number of aryl methyl sites for hydroxylation is 3. The van der Waals surface area contributed by atoms with Crippen LogP contribution in [0.25, 0.3) is 33.4 Å². The average Bonchev–Trinajstić information content (AvgIpc) is 1.17. The van der Waals surface area contributed by atoms with Crippen LogP contribution in [0.2, 0.25) is 0 Å². The number of halogens is 3. The number of piperidine rings is 1. The molecule has 3 saturated carbocycles. The molecule has 1 spiro atoms. The van der Waals surface area contributed by atoms with Gasteiger partial charge in [-0.25, -0.2) is 13.2 Å². The summed E-state index contributed by atoms with van der Waals surface area (Å²) in [4.78, 5) is 48.1. The van der Waals surface area contributed by atoms with Gasteiger partial charge in [0, 0.05) is 155 Å². The highest BCUT2D eigenvalue weighted by Gasteiger charge is 2.55. The third-order valence-electron chi connectivity index (χ3n) is 21.1. The van der Waals surface area contributed by atoms with E-state index in [1.165, 1.54) is 18.2 Å². The minimum atomic E-state index is -0.279. The fraction of sp³-hybridized carbons (Fsp3) is 0.375. The minimum absolute atomic E-state index is 0.179. The summed E-state index contributed by atoms with van der Waals surface area (Å²) in [6.45, 7) is 10.2. The monoisotopic (exact) mass is 1300 g/mol. The van der Waals surface area contributed by atoms with Crippen molar-refractivity contribution in [1.29, 1.82) is 0 Å². The van der Waals surface area contributed by atoms with E-state index in [2.05, 4.69) is 45.6 Å². The van der Waals surface area contributed by atoms with Crippen LogP contribution in [0.5, 0.6) is 35.3 Å². The lowest BCUT2D eigenvalue weighted by Crippen LogP contribution is -2.69. The van der Waals surface area contributed by atoms with E-state index in [0.29, 0.717) is 60.3 Å². The van der Waals surface area contributed by atoms with E-state index in [1.807, 2.05) is 53.1 Å². The first-order valence-electron chi connectivity index (χ1n) is 33.0. The van der Waals surface area contributed by atoms with Crippen molar-refractivity contribution in [1.82, 2.24) is 44.9 Å². The van der Waals surface area contributed by atoms with Crippen LogP contribution < -0.4 is 62.1 Å². The molecule has 6 aliphatic carbocycles. The van der Waals surface area contributed by atoms with Crippen LogP contribution in [0.1, 0.15) is 82.6 Å². The molecule has 9 heterocycles. The summed E-state index contributed by atoms with van der Waals surface area (Å²) in [6, 6.07) is 17.0. The van der Waals surface area contributed by atoms with Crippen molar-refractivity contribution in [3.63, 3.8) is 0 Å². The van der Waals surface area contributed by atoms with Crippen LogP contribution in [-0.2, 0) is 19.3 Å². The molecule has 7 atom stereocenters. The number of anilines is 6. The lowest BCUT2D eigenvalue weighted by atomic mass is 9.60. The van der Waals surface area contributed by atoms with Crippen molar-refractivity contribution >= 4 is 34.5 Å². The number of pyridine rings is 3. The number of rotatable bonds is 12. The van der Waals surface area contributed by atoms with Crippen molar-refractivity contribution in [2.24, 2.45) is 40.4 Å². The molecule has 9 N–H and O–H groups in total. The summed E-state index contributed by atoms with van der Waals surface area (Å²) in [5.74, 6) is 4.89. The number of hydrogen-bond donors (Lipinski definition) is 6. The van der Waals surface area contributed by atoms with E-state index in [0.717, 1.165) is 183 Å². The van der Waals surface area contributed by atoms with E-state index < -0.39 is 0 Å². The molecule has 96 heavy (non-hydrogen) atoms. The molecule has 18 rings (SSSR count). The lowest BCUT2D eigenvalue weighted by molar-refractivity contribution is 0.0558. The van der Waals surface area contributed by atoms with Gasteiger partial charge in [-0.1, -0.05) is 0 Å². The van der Waals surface area contributed by atoms with Crippen molar-refractivity contribution in [3.8, 4) is 68.7 Å². The Bertz CT molecular complexity index is 4610. The zero-order chi connectivity index (χ0) is 66.0. The van der Waals surface area contributed by atoms with Crippen LogP contribution >= 0.6 is 0 Å². The lowest BCUT2D eigenvalue weighted by Gasteiger charge is -2.60. The second-order valence-corrected chi connectivity index (χ2v) is 27.4. The van der Waals surface area contributed by atoms with Gasteiger partial charge in [-0.15, -0.1) is 0 Å². The molecule has 2 bridgehead atoms. The molecule has 6 fully saturated rings. The molecule has 24 heteroatoms. The van der Waals surface area contributed by atoms with Crippen molar-refractivity contribution in [2.45, 2.75) is 96.3 Å². The van der Waals surface area contributed by atoms with E-state index >= 15 is 0 Å². The second kappa shape index (κ2) is 23.8. The second-order valence-electron chi connectivity index (χ2n) is 27.4. The van der Waals surface area contributed by atoms with Crippen molar-refractivity contribution in [3.05, 3.63) is 160 Å². The normalized spacial score (nSPS) is 21.8. The molecule has 6 aromatic heterocycles. The van der Waals surface area contributed by atoms with E-state index in [-0.39, 0.29) is 59.0 Å². The van der Waals surface area contributed by atoms with Crippen LogP contribution in [0, 0.1) is 61.4 Å². The van der Waals surface area contributed by atoms with Gasteiger partial charge < -0.3 is 62.1 Å². The first-order chi connectivity index (χ1) is 46.4. The van der Waals surface area contributed by atoms with Crippen LogP contribution in [-0.4, -0.2) is 123 Å². The maximum atomic E-state index is 14.5. The highest BCUT2D eigenvalue weighted by atomic mass is 19.1. The van der Waals surface area contributed by atoms with Gasteiger partial charge in [0.15, 0.2) is 0 Å². The van der Waals surface area contributed by atoms with E-state index in [9.17, 15) is 13.2 Å². The zero-order valence-electron chi connectivity index (χ0n) is 54.4. The summed E-state index contributed by atoms with van der Waals surface area (Å²) < 4.78 is 61.4. The highest BCUT2D eigenvalue weighted by molar-refractivity contribution is 5.91. The Morgan fingerprint density at radius 3 is 1.28 bits per heavy atom. The molecule has 21 nitrogen and oxygen atoms in total. The molecule has 492 valence electrons. The van der Waals surface area contributed by atoms with Gasteiger partial charge in [-0.2, -0.15) is 29.9 Å². The smallest absolute Gasteiger partial charge is 0.324 e. The van der Waals surface area contributed by atoms with Crippen molar-refractivity contribution < 1.29 is 27.4 Å². The Hall–Kier alpha value is -9.78. The maximum Gasteiger partial charge on any atom is 0.324 e. The number of fused-ring (bicyclic) bond motifs is 12. The number of hydrogen-bond acceptors (Lipinski definition) is 21. The fourth-order valence-electron chi connectivity index (χ4n) is 16.2. The fourth-order valence-corrected chi connectivity index (χ4v) is 16.2. The average molecular weight is 1300 g/mol. The van der Waals surface area contributed by atoms with Crippen LogP contribution in [0.4, 0.5) is 47.7 Å². The molecule has 3 aliphatic heterocycles. The summed E-state index contributed by atoms with van der Waals surface area (Å²) in [5, 5.41) is 9.37. The van der Waals surface area contributed by atoms with Gasteiger partial charge in [0.2, 0.25) is 0 Å². The minimum Gasteiger partial charge on any atom is -0.423 e. The van der Waals surface area contributed by atoms with Gasteiger partial charge in [-0.05, 0) is 175 Å². The maximum absolute atomic E-state index is 14.5. The molecule has 0 radical (unpaired) electrons. The van der Waals surface area contributed by atoms with E-state index in [1.54, 1.807) is 62.4 Å². The summed E-state index contributed by atoms with van der Waals surface area (Å²) in [7, 11) is 5.43. The molecule has 3 unspecified atom stereocenters. The summed E-state index contributed by atoms with van der Waals surface area (Å²) in [5.41, 5.74) is 35.3. The Morgan fingerprint density at radius 2 is 0.917 bits per heavy atom. The number of aromatic nitrogens is 9. The Kier molecular flexibility index (Phi) is 15.2. The van der Waals surface area contributed by atoms with Crippen LogP contribution in [0.15, 0.2) is 91.8 Å². The number of nitrogens with zero attached hydrogens (tertiary/aromatic N) is 12. The number of ether oxygens (including phenoxy) is 3. The van der Waals surface area contributed by atoms with Gasteiger partial charge >= 0.3 is 18.0 Å². The predicted octanol–water partition coefficient (Wildman–Crippen LogP) is 10.8. The molecule has 0 amide bonds. The standard InChI is InChI=1S/3C24H25FN6O/c1-12-3-16(10-28-9-12)32-24-29-21-8-17-18(5-14(25)6-20(17)27-2)22(21)23(30-24)31-11-13-4-15(31)7-19(13)26;1-12-3-15(9-28-8-12)32-24-29-21-7-16-17(5-14(25)6-20(16)27-2)22(21)23(30-24)31-10-13-4-19(26)18(13)11-31;1-13-5-15(10-28-9-13)32-23-29-19-8-16-17(6-14(25)7-18(16)27-2)21(19)22(30-23)31-11-24(12-31)4-3-20(24)26/h3,5-6,9-10,13,15,19,27H,4,7-8,11,26H2,1-2H3;3,5-6,8-9,13,18-19,27H,4,7,10-11,26H2,1-2H3;5-7,9-10,20,27H,3-4,8,11-12,26H2,1-2H3/t13-,15?,19-;13?,18?,19-;20-/m011/s1. The van der Waals surface area contributed by atoms with Gasteiger partial charge in [0.05, 0.1) is 35.7 Å². The summed E-state index contributed by atoms with van der Waals surface area (Å²) in [6.07, 6.45) is 17.3. The topological polar surface area (TPSA) is 268 Å². The SMILES string of the molecule is CNc1cc(F)cc2c1Cc1nc(Oc3cncc(C)c3)nc(N3CC4(CC[C@H]4N)C3)c1-2.CNc1cc(F)cc2c1Cc1nc(Oc3cncc(C)c3)nc(N3CC4C[C@@H](N)C4C3)c1-2.CNc1cc(F)cc2c1Cc1nc(Oc3cncc(C)c3)nc(N3C[C@@H]4CC3C[C@@H]4N)c1-2. The number of nitrogens with two attached hydrogens (primary N) is 3. The molecule has 3 saturated heterocycles. The zero-order valence-corrected chi connectivity index (χ0v) is 54.4. The molecular formula is C72H75F3N18O3. The van der Waals surface area contributed by atoms with Crippen LogP contribution in [0.3, 0.4) is 0 Å². The highest BCUT2D eigenvalue weighted by Crippen LogP contribution is 2.54. The predicted molar refractivity (Wildman–Crippen MR) is 362 cm³/mol. The van der Waals surface area contributed by atoms with Gasteiger partial charge in [-0.3, -0.25) is 15.0 Å². The Balaban J connectivity index is 0.000000113. The molecule has 9 aromatic rings. The molecule has 9 aliphatic rings. The first-order valence-corrected chi connectivity index (χ1v) is 33.0. The first kappa shape index (κ1) is 61.1.